The molecule has 30 heavy (non-hydrogen) atoms. The maximum atomic E-state index is 13.6. The van der Waals surface area contributed by atoms with E-state index < -0.39 is 5.92 Å². The fraction of sp³-hybridized carbons (Fsp3) is 0.208. The molecular weight excluding hydrogens is 378 g/mol. The zero-order valence-corrected chi connectivity index (χ0v) is 16.2. The second kappa shape index (κ2) is 7.53. The minimum Gasteiger partial charge on any atom is -0.472 e. The Morgan fingerprint density at radius 2 is 1.80 bits per heavy atom. The van der Waals surface area contributed by atoms with Gasteiger partial charge in [-0.2, -0.15) is 5.26 Å². The number of para-hydroxylation sites is 2. The Morgan fingerprint density at radius 1 is 1.10 bits per heavy atom. The first kappa shape index (κ1) is 18.2. The molecule has 3 aromatic rings. The molecule has 1 amide bonds. The van der Waals surface area contributed by atoms with E-state index in [1.54, 1.807) is 18.3 Å². The molecule has 2 aliphatic heterocycles. The molecule has 2 aliphatic rings. The minimum atomic E-state index is -0.398. The first-order chi connectivity index (χ1) is 14.7. The Bertz CT molecular complexity index is 1110. The number of pyridine rings is 1. The van der Waals surface area contributed by atoms with Crippen LogP contribution in [-0.2, 0) is 4.79 Å². The zero-order chi connectivity index (χ0) is 20.5. The number of rotatable bonds is 3. The normalized spacial score (nSPS) is 17.4. The third-order valence-electron chi connectivity index (χ3n) is 5.53. The fourth-order valence-corrected chi connectivity index (χ4v) is 4.10. The largest absolute Gasteiger partial charge is 0.472 e. The van der Waals surface area contributed by atoms with Crippen LogP contribution in [0.1, 0.15) is 29.0 Å². The van der Waals surface area contributed by atoms with Crippen LogP contribution in [-0.4, -0.2) is 35.0 Å². The van der Waals surface area contributed by atoms with Crippen LogP contribution in [0, 0.1) is 11.3 Å². The molecule has 6 heteroatoms. The van der Waals surface area contributed by atoms with E-state index in [0.29, 0.717) is 24.5 Å². The molecule has 2 aromatic carbocycles. The van der Waals surface area contributed by atoms with Crippen LogP contribution in [0.5, 0.6) is 17.4 Å². The van der Waals surface area contributed by atoms with E-state index in [-0.39, 0.29) is 12.0 Å². The molecule has 0 aliphatic carbocycles. The molecule has 0 radical (unpaired) electrons. The molecule has 148 valence electrons. The summed E-state index contributed by atoms with van der Waals surface area (Å²) in [5.74, 6) is 1.50. The fourth-order valence-electron chi connectivity index (χ4n) is 4.10. The van der Waals surface area contributed by atoms with Crippen molar-refractivity contribution in [2.24, 2.45) is 0 Å². The van der Waals surface area contributed by atoms with Crippen molar-refractivity contribution < 1.29 is 14.3 Å². The number of benzene rings is 2. The van der Waals surface area contributed by atoms with Gasteiger partial charge >= 0.3 is 0 Å². The molecule has 0 saturated carbocycles. The van der Waals surface area contributed by atoms with Crippen molar-refractivity contribution in [1.29, 1.82) is 5.26 Å². The number of nitriles is 1. The van der Waals surface area contributed by atoms with Crippen molar-refractivity contribution in [2.75, 3.05) is 13.1 Å². The van der Waals surface area contributed by atoms with Crippen molar-refractivity contribution in [3.05, 3.63) is 83.6 Å². The number of hydrogen-bond acceptors (Lipinski definition) is 5. The number of carbonyl (C=O) groups is 1. The highest BCUT2D eigenvalue weighted by molar-refractivity contribution is 5.90. The summed E-state index contributed by atoms with van der Waals surface area (Å²) in [5, 5.41) is 9.05. The number of ether oxygens (including phenoxy) is 2. The van der Waals surface area contributed by atoms with Gasteiger partial charge in [0.05, 0.1) is 24.1 Å². The molecule has 0 bridgehead atoms. The van der Waals surface area contributed by atoms with Crippen molar-refractivity contribution in [2.45, 2.75) is 18.4 Å². The van der Waals surface area contributed by atoms with Crippen LogP contribution in [0.3, 0.4) is 0 Å². The quantitative estimate of drug-likeness (QED) is 0.671. The summed E-state index contributed by atoms with van der Waals surface area (Å²) < 4.78 is 12.0. The van der Waals surface area contributed by atoms with Gasteiger partial charge in [-0.1, -0.05) is 36.4 Å². The summed E-state index contributed by atoms with van der Waals surface area (Å²) in [5.41, 5.74) is 2.27. The Balaban J connectivity index is 1.37. The minimum absolute atomic E-state index is 0.0445. The molecule has 3 heterocycles. The number of aromatic nitrogens is 1. The van der Waals surface area contributed by atoms with Gasteiger partial charge in [0.25, 0.3) is 0 Å². The highest BCUT2D eigenvalue weighted by Crippen LogP contribution is 2.44. The summed E-state index contributed by atoms with van der Waals surface area (Å²) in [6, 6.07) is 20.7. The molecule has 1 atom stereocenters. The summed E-state index contributed by atoms with van der Waals surface area (Å²) >= 11 is 0. The van der Waals surface area contributed by atoms with E-state index in [9.17, 15) is 4.79 Å². The van der Waals surface area contributed by atoms with Crippen LogP contribution in [0.15, 0.2) is 66.9 Å². The van der Waals surface area contributed by atoms with Gasteiger partial charge in [-0.25, -0.2) is 4.98 Å². The molecule has 1 aromatic heterocycles. The lowest BCUT2D eigenvalue weighted by Crippen LogP contribution is -2.36. The van der Waals surface area contributed by atoms with Crippen molar-refractivity contribution in [1.82, 2.24) is 9.88 Å². The number of amides is 1. The van der Waals surface area contributed by atoms with Gasteiger partial charge in [0.15, 0.2) is 0 Å². The smallest absolute Gasteiger partial charge is 0.234 e. The van der Waals surface area contributed by atoms with E-state index in [2.05, 4.69) is 11.1 Å². The molecule has 1 fully saturated rings. The molecule has 0 N–H and O–H groups in total. The Kier molecular flexibility index (Phi) is 4.56. The molecular formula is C24H19N3O3. The van der Waals surface area contributed by atoms with Gasteiger partial charge < -0.3 is 14.4 Å². The lowest BCUT2D eigenvalue weighted by Gasteiger charge is -2.30. The lowest BCUT2D eigenvalue weighted by atomic mass is 9.87. The second-order valence-electron chi connectivity index (χ2n) is 7.42. The number of hydrogen-bond donors (Lipinski definition) is 0. The maximum absolute atomic E-state index is 13.6. The SMILES string of the molecule is N#Cc1ccnc(OC2CCN(C(=O)C3c4ccccc4Oc4ccccc43)C2)c1. The summed E-state index contributed by atoms with van der Waals surface area (Å²) in [6.07, 6.45) is 2.12. The van der Waals surface area contributed by atoms with Gasteiger partial charge in [0.2, 0.25) is 11.8 Å². The zero-order valence-electron chi connectivity index (χ0n) is 16.2. The predicted octanol–water partition coefficient (Wildman–Crippen LogP) is 3.87. The van der Waals surface area contributed by atoms with Gasteiger partial charge in [0, 0.05) is 36.4 Å². The Hall–Kier alpha value is -3.85. The molecule has 1 unspecified atom stereocenters. The monoisotopic (exact) mass is 397 g/mol. The lowest BCUT2D eigenvalue weighted by molar-refractivity contribution is -0.131. The number of nitrogens with zero attached hydrogens (tertiary/aromatic N) is 3. The predicted molar refractivity (Wildman–Crippen MR) is 109 cm³/mol. The van der Waals surface area contributed by atoms with Gasteiger partial charge in [-0.15, -0.1) is 0 Å². The van der Waals surface area contributed by atoms with E-state index in [0.717, 1.165) is 29.0 Å². The molecule has 5 rings (SSSR count). The average Bonchev–Trinajstić information content (AvgIpc) is 3.25. The van der Waals surface area contributed by atoms with Crippen molar-refractivity contribution in [3.63, 3.8) is 0 Å². The Labute approximate surface area is 174 Å². The van der Waals surface area contributed by atoms with E-state index >= 15 is 0 Å². The third kappa shape index (κ3) is 3.25. The van der Waals surface area contributed by atoms with Crippen LogP contribution in [0.25, 0.3) is 0 Å². The first-order valence-corrected chi connectivity index (χ1v) is 9.90. The van der Waals surface area contributed by atoms with Gasteiger partial charge in [-0.05, 0) is 18.2 Å². The summed E-state index contributed by atoms with van der Waals surface area (Å²) in [7, 11) is 0. The Morgan fingerprint density at radius 3 is 2.50 bits per heavy atom. The standard InChI is InChI=1S/C24H19N3O3/c25-14-16-9-11-26-22(13-16)29-17-10-12-27(15-17)24(28)23-18-5-1-3-7-20(18)30-21-8-4-2-6-19(21)23/h1-9,11,13,17,23H,10,12,15H2. The molecule has 0 spiro atoms. The average molecular weight is 397 g/mol. The van der Waals surface area contributed by atoms with E-state index in [1.165, 1.54) is 0 Å². The van der Waals surface area contributed by atoms with Crippen LogP contribution < -0.4 is 9.47 Å². The second-order valence-corrected chi connectivity index (χ2v) is 7.42. The molecule has 6 nitrogen and oxygen atoms in total. The number of carbonyl (C=O) groups excluding carboxylic acids is 1. The highest BCUT2D eigenvalue weighted by Gasteiger charge is 2.38. The summed E-state index contributed by atoms with van der Waals surface area (Å²) in [4.78, 5) is 19.6. The van der Waals surface area contributed by atoms with Crippen LogP contribution in [0.2, 0.25) is 0 Å². The van der Waals surface area contributed by atoms with Crippen LogP contribution >= 0.6 is 0 Å². The number of likely N-dealkylation sites (tertiary alicyclic amines) is 1. The first-order valence-electron chi connectivity index (χ1n) is 9.90. The van der Waals surface area contributed by atoms with Gasteiger partial charge in [-0.3, -0.25) is 4.79 Å². The number of fused-ring (bicyclic) bond motifs is 2. The summed E-state index contributed by atoms with van der Waals surface area (Å²) in [6.45, 7) is 1.10. The highest BCUT2D eigenvalue weighted by atomic mass is 16.5. The van der Waals surface area contributed by atoms with Crippen molar-refractivity contribution in [3.8, 4) is 23.4 Å². The van der Waals surface area contributed by atoms with Crippen molar-refractivity contribution >= 4 is 5.91 Å². The van der Waals surface area contributed by atoms with Gasteiger partial charge in [0.1, 0.15) is 17.6 Å². The topological polar surface area (TPSA) is 75.5 Å². The van der Waals surface area contributed by atoms with Crippen LogP contribution in [0.4, 0.5) is 0 Å². The van der Waals surface area contributed by atoms with E-state index in [1.807, 2.05) is 53.4 Å². The third-order valence-corrected chi connectivity index (χ3v) is 5.53. The molecule has 1 saturated heterocycles. The van der Waals surface area contributed by atoms with E-state index in [4.69, 9.17) is 14.7 Å². The maximum Gasteiger partial charge on any atom is 0.234 e.